The maximum absolute atomic E-state index is 11.4. The summed E-state index contributed by atoms with van der Waals surface area (Å²) in [5, 5.41) is 11.4. The lowest BCUT2D eigenvalue weighted by atomic mass is 9.89. The topological polar surface area (TPSA) is 23.2 Å². The lowest BCUT2D eigenvalue weighted by Crippen LogP contribution is -2.31. The van der Waals surface area contributed by atoms with Crippen LogP contribution in [0.4, 0.5) is 0 Å². The van der Waals surface area contributed by atoms with Gasteiger partial charge in [0.15, 0.2) is 0 Å². The third-order valence-electron chi connectivity index (χ3n) is 5.21. The Kier molecular flexibility index (Phi) is 4.16. The van der Waals surface area contributed by atoms with E-state index in [9.17, 15) is 5.11 Å². The van der Waals surface area contributed by atoms with Crippen LogP contribution in [0, 0.1) is 0 Å². The molecule has 0 radical (unpaired) electrons. The van der Waals surface area contributed by atoms with E-state index in [4.69, 9.17) is 0 Å². The Morgan fingerprint density at radius 2 is 1.32 bits per heavy atom. The van der Waals surface area contributed by atoms with Gasteiger partial charge >= 0.3 is 0 Å². The Hall–Kier alpha value is -2.42. The third-order valence-corrected chi connectivity index (χ3v) is 5.21. The van der Waals surface area contributed by atoms with Crippen LogP contribution < -0.4 is 0 Å². The lowest BCUT2D eigenvalue weighted by molar-refractivity contribution is 0.0403. The fourth-order valence-corrected chi connectivity index (χ4v) is 3.87. The number of benzene rings is 3. The van der Waals surface area contributed by atoms with Crippen LogP contribution in [0.25, 0.3) is 0 Å². The van der Waals surface area contributed by atoms with Gasteiger partial charge in [0.2, 0.25) is 0 Å². The van der Waals surface area contributed by atoms with Crippen molar-refractivity contribution >= 4 is 0 Å². The van der Waals surface area contributed by atoms with Gasteiger partial charge in [0.25, 0.3) is 0 Å². The number of hydrogen-bond donors (Lipinski definition) is 1. The molecule has 0 spiro atoms. The molecule has 4 atom stereocenters. The summed E-state index contributed by atoms with van der Waals surface area (Å²) in [4.78, 5) is 2.39. The minimum Gasteiger partial charge on any atom is -0.384 e. The van der Waals surface area contributed by atoms with Gasteiger partial charge in [-0.25, -0.2) is 0 Å². The van der Waals surface area contributed by atoms with Crippen LogP contribution in [0.3, 0.4) is 0 Å². The zero-order chi connectivity index (χ0) is 17.3. The van der Waals surface area contributed by atoms with E-state index in [1.807, 2.05) is 49.4 Å². The van der Waals surface area contributed by atoms with Crippen molar-refractivity contribution in [3.05, 3.63) is 108 Å². The van der Waals surface area contributed by atoms with E-state index in [0.29, 0.717) is 0 Å². The number of aliphatic hydroxyl groups is 1. The lowest BCUT2D eigenvalue weighted by Gasteiger charge is -2.24. The summed E-state index contributed by atoms with van der Waals surface area (Å²) in [5.74, 6) is 0. The van der Waals surface area contributed by atoms with Gasteiger partial charge in [-0.1, -0.05) is 91.0 Å². The van der Waals surface area contributed by atoms with E-state index in [1.54, 1.807) is 0 Å². The van der Waals surface area contributed by atoms with Crippen LogP contribution >= 0.6 is 0 Å². The summed E-state index contributed by atoms with van der Waals surface area (Å²) in [6, 6.07) is 31.3. The van der Waals surface area contributed by atoms with Crippen molar-refractivity contribution in [1.29, 1.82) is 0 Å². The number of nitrogens with zero attached hydrogens (tertiary/aromatic N) is 1. The van der Waals surface area contributed by atoms with Crippen molar-refractivity contribution in [1.82, 2.24) is 4.90 Å². The van der Waals surface area contributed by atoms with Crippen molar-refractivity contribution in [3.63, 3.8) is 0 Å². The van der Waals surface area contributed by atoms with Crippen molar-refractivity contribution in [2.45, 2.75) is 31.2 Å². The molecule has 4 rings (SSSR count). The molecule has 1 aliphatic heterocycles. The quantitative estimate of drug-likeness (QED) is 0.696. The summed E-state index contributed by atoms with van der Waals surface area (Å²) in [5.41, 5.74) is 2.61. The highest BCUT2D eigenvalue weighted by molar-refractivity contribution is 5.35. The molecular formula is C23H23NO. The van der Waals surface area contributed by atoms with E-state index in [2.05, 4.69) is 53.4 Å². The summed E-state index contributed by atoms with van der Waals surface area (Å²) in [6.07, 6.45) is 0. The van der Waals surface area contributed by atoms with Crippen LogP contribution in [0.1, 0.15) is 29.7 Å². The van der Waals surface area contributed by atoms with Gasteiger partial charge in [0.05, 0.1) is 12.1 Å². The van der Waals surface area contributed by atoms with Crippen molar-refractivity contribution in [3.8, 4) is 0 Å². The minimum atomic E-state index is -0.892. The zero-order valence-corrected chi connectivity index (χ0v) is 14.4. The average molecular weight is 329 g/mol. The van der Waals surface area contributed by atoms with Crippen molar-refractivity contribution < 1.29 is 5.11 Å². The molecule has 0 aromatic heterocycles. The van der Waals surface area contributed by atoms with Gasteiger partial charge in [0, 0.05) is 6.54 Å². The molecule has 1 heterocycles. The Bertz CT molecular complexity index is 814. The molecular weight excluding hydrogens is 306 g/mol. The summed E-state index contributed by atoms with van der Waals surface area (Å²) >= 11 is 0. The monoisotopic (exact) mass is 329 g/mol. The van der Waals surface area contributed by atoms with Crippen molar-refractivity contribution in [2.75, 3.05) is 0 Å². The normalized spacial score (nSPS) is 24.5. The first kappa shape index (κ1) is 16.1. The van der Waals surface area contributed by atoms with Gasteiger partial charge in [-0.3, -0.25) is 4.90 Å². The van der Waals surface area contributed by atoms with Crippen LogP contribution in [0.2, 0.25) is 0 Å². The first-order chi connectivity index (χ1) is 12.2. The SMILES string of the molecule is CC(O)(c1ccccc1)C1C(c2ccccc2)N1Cc1ccccc1. The Balaban J connectivity index is 1.66. The molecule has 1 saturated heterocycles. The Morgan fingerprint density at radius 3 is 1.92 bits per heavy atom. The van der Waals surface area contributed by atoms with Crippen molar-refractivity contribution in [2.24, 2.45) is 0 Å². The Labute approximate surface area is 149 Å². The number of hydrogen-bond acceptors (Lipinski definition) is 2. The Morgan fingerprint density at radius 1 is 0.800 bits per heavy atom. The second kappa shape index (κ2) is 6.47. The molecule has 0 aliphatic carbocycles. The largest absolute Gasteiger partial charge is 0.384 e. The fourth-order valence-electron chi connectivity index (χ4n) is 3.87. The first-order valence-electron chi connectivity index (χ1n) is 8.80. The van der Waals surface area contributed by atoms with Crippen LogP contribution in [-0.2, 0) is 12.1 Å². The predicted molar refractivity (Wildman–Crippen MR) is 101 cm³/mol. The van der Waals surface area contributed by atoms with Gasteiger partial charge in [-0.2, -0.15) is 0 Å². The minimum absolute atomic E-state index is 0.0671. The second-order valence-electron chi connectivity index (χ2n) is 6.97. The number of rotatable bonds is 5. The smallest absolute Gasteiger partial charge is 0.104 e. The summed E-state index contributed by atoms with van der Waals surface area (Å²) in [6.45, 7) is 2.78. The molecule has 1 fully saturated rings. The molecule has 3 aromatic carbocycles. The van der Waals surface area contributed by atoms with Gasteiger partial charge in [0.1, 0.15) is 5.60 Å². The van der Waals surface area contributed by atoms with E-state index in [0.717, 1.165) is 12.1 Å². The zero-order valence-electron chi connectivity index (χ0n) is 14.4. The highest BCUT2D eigenvalue weighted by Gasteiger charge is 2.57. The fraction of sp³-hybridized carbons (Fsp3) is 0.217. The molecule has 0 bridgehead atoms. The van der Waals surface area contributed by atoms with Crippen LogP contribution in [0.5, 0.6) is 0 Å². The van der Waals surface area contributed by atoms with E-state index in [-0.39, 0.29) is 12.1 Å². The molecule has 1 N–H and O–H groups in total. The van der Waals surface area contributed by atoms with Crippen LogP contribution in [0.15, 0.2) is 91.0 Å². The molecule has 4 unspecified atom stereocenters. The molecule has 2 heteroatoms. The molecule has 25 heavy (non-hydrogen) atoms. The van der Waals surface area contributed by atoms with E-state index in [1.165, 1.54) is 11.1 Å². The third kappa shape index (κ3) is 3.11. The molecule has 3 aromatic rings. The second-order valence-corrected chi connectivity index (χ2v) is 6.97. The standard InChI is InChI=1S/C23H23NO/c1-23(25,20-15-9-4-10-16-20)22-21(19-13-7-3-8-14-19)24(22)17-18-11-5-2-6-12-18/h2-16,21-22,25H,17H2,1H3. The van der Waals surface area contributed by atoms with Gasteiger partial charge < -0.3 is 5.11 Å². The van der Waals surface area contributed by atoms with Gasteiger partial charge in [-0.15, -0.1) is 0 Å². The maximum Gasteiger partial charge on any atom is 0.104 e. The predicted octanol–water partition coefficient (Wildman–Crippen LogP) is 4.52. The molecule has 0 saturated carbocycles. The molecule has 1 aliphatic rings. The molecule has 0 amide bonds. The maximum atomic E-state index is 11.4. The summed E-state index contributed by atoms with van der Waals surface area (Å²) in [7, 11) is 0. The van der Waals surface area contributed by atoms with E-state index < -0.39 is 5.60 Å². The highest BCUT2D eigenvalue weighted by atomic mass is 16.3. The average Bonchev–Trinajstić information content (AvgIpc) is 3.39. The first-order valence-corrected chi connectivity index (χ1v) is 8.80. The van der Waals surface area contributed by atoms with Gasteiger partial charge in [-0.05, 0) is 23.6 Å². The molecule has 2 nitrogen and oxygen atoms in total. The highest BCUT2D eigenvalue weighted by Crippen LogP contribution is 2.52. The summed E-state index contributed by atoms with van der Waals surface area (Å²) < 4.78 is 0. The van der Waals surface area contributed by atoms with E-state index >= 15 is 0 Å². The molecule has 126 valence electrons. The van der Waals surface area contributed by atoms with Crippen LogP contribution in [-0.4, -0.2) is 16.0 Å².